The topological polar surface area (TPSA) is 55.6 Å². The Labute approximate surface area is 105 Å². The first-order chi connectivity index (χ1) is 8.74. The van der Waals surface area contributed by atoms with Crippen LogP contribution in [0.1, 0.15) is 26.7 Å². The second-order valence-corrected chi connectivity index (χ2v) is 4.08. The fourth-order valence-electron chi connectivity index (χ4n) is 1.76. The van der Waals surface area contributed by atoms with Crippen LogP contribution in [0.15, 0.2) is 24.5 Å². The standard InChI is InChI=1S/C12H16FN5/c1-3-9(4-2)15-12-7-10(5-6-11(12)13)18-8-14-16-17-18/h5-9,15H,3-4H2,1-2H3. The van der Waals surface area contributed by atoms with Gasteiger partial charge in [-0.2, -0.15) is 0 Å². The van der Waals surface area contributed by atoms with Gasteiger partial charge in [0.15, 0.2) is 0 Å². The van der Waals surface area contributed by atoms with E-state index < -0.39 is 0 Å². The van der Waals surface area contributed by atoms with Gasteiger partial charge < -0.3 is 5.32 Å². The number of halogens is 1. The number of anilines is 1. The minimum Gasteiger partial charge on any atom is -0.380 e. The summed E-state index contributed by atoms with van der Waals surface area (Å²) in [6.45, 7) is 4.15. The monoisotopic (exact) mass is 249 g/mol. The van der Waals surface area contributed by atoms with E-state index >= 15 is 0 Å². The van der Waals surface area contributed by atoms with E-state index in [-0.39, 0.29) is 11.9 Å². The highest BCUT2D eigenvalue weighted by Gasteiger charge is 2.09. The molecular formula is C12H16FN5. The number of nitrogens with zero attached hydrogens (tertiary/aromatic N) is 4. The molecule has 0 amide bonds. The van der Waals surface area contributed by atoms with Crippen molar-refractivity contribution in [2.45, 2.75) is 32.7 Å². The van der Waals surface area contributed by atoms with E-state index in [0.29, 0.717) is 5.69 Å². The third-order valence-corrected chi connectivity index (χ3v) is 2.91. The number of nitrogens with one attached hydrogen (secondary N) is 1. The molecule has 0 radical (unpaired) electrons. The van der Waals surface area contributed by atoms with Crippen molar-refractivity contribution in [2.75, 3.05) is 5.32 Å². The summed E-state index contributed by atoms with van der Waals surface area (Å²) in [4.78, 5) is 0. The highest BCUT2D eigenvalue weighted by Crippen LogP contribution is 2.20. The predicted molar refractivity (Wildman–Crippen MR) is 67.1 cm³/mol. The van der Waals surface area contributed by atoms with Gasteiger partial charge in [-0.15, -0.1) is 5.10 Å². The van der Waals surface area contributed by atoms with E-state index in [2.05, 4.69) is 34.7 Å². The molecule has 0 bridgehead atoms. The third-order valence-electron chi connectivity index (χ3n) is 2.91. The Kier molecular flexibility index (Phi) is 3.86. The van der Waals surface area contributed by atoms with Gasteiger partial charge in [0, 0.05) is 6.04 Å². The van der Waals surface area contributed by atoms with Gasteiger partial charge in [0.25, 0.3) is 0 Å². The van der Waals surface area contributed by atoms with Gasteiger partial charge in [0.2, 0.25) is 0 Å². The molecule has 1 N–H and O–H groups in total. The van der Waals surface area contributed by atoms with Crippen molar-refractivity contribution >= 4 is 5.69 Å². The molecule has 0 aliphatic carbocycles. The van der Waals surface area contributed by atoms with Crippen LogP contribution in [-0.4, -0.2) is 26.2 Å². The molecule has 0 atom stereocenters. The molecule has 5 nitrogen and oxygen atoms in total. The quantitative estimate of drug-likeness (QED) is 0.884. The van der Waals surface area contributed by atoms with Gasteiger partial charge in [-0.1, -0.05) is 13.8 Å². The fraction of sp³-hybridized carbons (Fsp3) is 0.417. The van der Waals surface area contributed by atoms with Crippen molar-refractivity contribution in [1.82, 2.24) is 20.2 Å². The normalized spacial score (nSPS) is 10.9. The highest BCUT2D eigenvalue weighted by atomic mass is 19.1. The molecule has 0 unspecified atom stereocenters. The minimum atomic E-state index is -0.265. The van der Waals surface area contributed by atoms with Crippen molar-refractivity contribution < 1.29 is 4.39 Å². The molecule has 0 aliphatic heterocycles. The Balaban J connectivity index is 2.27. The van der Waals surface area contributed by atoms with Crippen molar-refractivity contribution in [3.63, 3.8) is 0 Å². The Morgan fingerprint density at radius 2 is 2.11 bits per heavy atom. The van der Waals surface area contributed by atoms with E-state index in [1.807, 2.05) is 0 Å². The lowest BCUT2D eigenvalue weighted by molar-refractivity contribution is 0.614. The molecule has 1 heterocycles. The molecule has 0 fully saturated rings. The van der Waals surface area contributed by atoms with Crippen LogP contribution in [0.2, 0.25) is 0 Å². The average Bonchev–Trinajstić information content (AvgIpc) is 2.91. The molecule has 6 heteroatoms. The molecule has 0 spiro atoms. The molecule has 0 saturated heterocycles. The SMILES string of the molecule is CCC(CC)Nc1cc(-n2cnnn2)ccc1F. The summed E-state index contributed by atoms with van der Waals surface area (Å²) >= 11 is 0. The van der Waals surface area contributed by atoms with Gasteiger partial charge in [-0.3, -0.25) is 0 Å². The van der Waals surface area contributed by atoms with Gasteiger partial charge in [-0.05, 0) is 41.5 Å². The lowest BCUT2D eigenvalue weighted by atomic mass is 10.1. The molecule has 2 aromatic rings. The smallest absolute Gasteiger partial charge is 0.146 e. The molecule has 1 aromatic heterocycles. The van der Waals surface area contributed by atoms with Crippen LogP contribution < -0.4 is 5.32 Å². The second kappa shape index (κ2) is 5.57. The number of hydrogen-bond acceptors (Lipinski definition) is 4. The summed E-state index contributed by atoms with van der Waals surface area (Å²) < 4.78 is 15.2. The van der Waals surface area contributed by atoms with Crippen LogP contribution in [0, 0.1) is 5.82 Å². The number of aromatic nitrogens is 4. The summed E-state index contributed by atoms with van der Waals surface area (Å²) in [5, 5.41) is 14.1. The zero-order chi connectivity index (χ0) is 13.0. The fourth-order valence-corrected chi connectivity index (χ4v) is 1.76. The van der Waals surface area contributed by atoms with E-state index in [9.17, 15) is 4.39 Å². The Morgan fingerprint density at radius 3 is 2.72 bits per heavy atom. The van der Waals surface area contributed by atoms with Gasteiger partial charge in [-0.25, -0.2) is 9.07 Å². The van der Waals surface area contributed by atoms with Gasteiger partial charge >= 0.3 is 0 Å². The van der Waals surface area contributed by atoms with E-state index in [4.69, 9.17) is 0 Å². The van der Waals surface area contributed by atoms with E-state index in [1.165, 1.54) is 17.1 Å². The van der Waals surface area contributed by atoms with Crippen molar-refractivity contribution in [1.29, 1.82) is 0 Å². The van der Waals surface area contributed by atoms with Gasteiger partial charge in [0.1, 0.15) is 12.1 Å². The molecule has 1 aromatic carbocycles. The maximum Gasteiger partial charge on any atom is 0.146 e. The first kappa shape index (κ1) is 12.5. The van der Waals surface area contributed by atoms with E-state index in [1.54, 1.807) is 12.1 Å². The molecule has 96 valence electrons. The summed E-state index contributed by atoms with van der Waals surface area (Å²) in [6.07, 6.45) is 3.38. The zero-order valence-corrected chi connectivity index (χ0v) is 10.5. The molecular weight excluding hydrogens is 233 g/mol. The van der Waals surface area contributed by atoms with Crippen LogP contribution in [-0.2, 0) is 0 Å². The first-order valence-electron chi connectivity index (χ1n) is 6.04. The first-order valence-corrected chi connectivity index (χ1v) is 6.04. The van der Waals surface area contributed by atoms with Crippen LogP contribution in [0.3, 0.4) is 0 Å². The van der Waals surface area contributed by atoms with Gasteiger partial charge in [0.05, 0.1) is 11.4 Å². The summed E-state index contributed by atoms with van der Waals surface area (Å²) in [5.74, 6) is -0.265. The van der Waals surface area contributed by atoms with Crippen molar-refractivity contribution in [3.8, 4) is 5.69 Å². The molecule has 18 heavy (non-hydrogen) atoms. The van der Waals surface area contributed by atoms with Crippen LogP contribution >= 0.6 is 0 Å². The number of hydrogen-bond donors (Lipinski definition) is 1. The lowest BCUT2D eigenvalue weighted by Gasteiger charge is -2.17. The third kappa shape index (κ3) is 2.64. The Morgan fingerprint density at radius 1 is 1.33 bits per heavy atom. The van der Waals surface area contributed by atoms with Crippen molar-refractivity contribution in [2.24, 2.45) is 0 Å². The van der Waals surface area contributed by atoms with Crippen LogP contribution in [0.4, 0.5) is 10.1 Å². The molecule has 0 aliphatic rings. The van der Waals surface area contributed by atoms with E-state index in [0.717, 1.165) is 18.5 Å². The number of rotatable bonds is 5. The van der Waals surface area contributed by atoms with Crippen LogP contribution in [0.5, 0.6) is 0 Å². The Hall–Kier alpha value is -1.98. The van der Waals surface area contributed by atoms with Crippen LogP contribution in [0.25, 0.3) is 5.69 Å². The number of benzene rings is 1. The lowest BCUT2D eigenvalue weighted by Crippen LogP contribution is -2.18. The second-order valence-electron chi connectivity index (χ2n) is 4.08. The minimum absolute atomic E-state index is 0.265. The molecule has 2 rings (SSSR count). The summed E-state index contributed by atoms with van der Waals surface area (Å²) in [6, 6.07) is 5.04. The summed E-state index contributed by atoms with van der Waals surface area (Å²) in [5.41, 5.74) is 1.21. The average molecular weight is 249 g/mol. The largest absolute Gasteiger partial charge is 0.380 e. The maximum absolute atomic E-state index is 13.7. The predicted octanol–water partition coefficient (Wildman–Crippen LogP) is 2.40. The number of tetrazole rings is 1. The maximum atomic E-state index is 13.7. The van der Waals surface area contributed by atoms with Crippen molar-refractivity contribution in [3.05, 3.63) is 30.3 Å². The Bertz CT molecular complexity index is 493. The zero-order valence-electron chi connectivity index (χ0n) is 10.5. The molecule has 0 saturated carbocycles. The highest BCUT2D eigenvalue weighted by molar-refractivity contribution is 5.52. The summed E-state index contributed by atoms with van der Waals surface area (Å²) in [7, 11) is 0.